The first-order chi connectivity index (χ1) is 8.07. The van der Waals surface area contributed by atoms with Crippen molar-refractivity contribution in [3.05, 3.63) is 0 Å². The predicted molar refractivity (Wildman–Crippen MR) is 79.7 cm³/mol. The molecule has 3 unspecified atom stereocenters. The van der Waals surface area contributed by atoms with E-state index in [2.05, 4.69) is 48.5 Å². The highest BCUT2D eigenvalue weighted by molar-refractivity contribution is 4.90. The van der Waals surface area contributed by atoms with Gasteiger partial charge in [0.15, 0.2) is 0 Å². The largest absolute Gasteiger partial charge is 0.381 e. The summed E-state index contributed by atoms with van der Waals surface area (Å²) in [6.07, 6.45) is 4.41. The molecule has 1 heteroatoms. The number of hydrogen-bond acceptors (Lipinski definition) is 1. The van der Waals surface area contributed by atoms with Crippen LogP contribution in [0.15, 0.2) is 0 Å². The maximum atomic E-state index is 5.88. The molecule has 18 heavy (non-hydrogen) atoms. The van der Waals surface area contributed by atoms with Crippen LogP contribution in [0.3, 0.4) is 0 Å². The minimum Gasteiger partial charge on any atom is -0.381 e. The number of ether oxygens (including phenoxy) is 1. The van der Waals surface area contributed by atoms with Crippen LogP contribution in [0.4, 0.5) is 0 Å². The van der Waals surface area contributed by atoms with Gasteiger partial charge in [0.1, 0.15) is 0 Å². The van der Waals surface area contributed by atoms with Crippen LogP contribution in [-0.2, 0) is 4.74 Å². The fraction of sp³-hybridized carbons (Fsp3) is 1.00. The van der Waals surface area contributed by atoms with Gasteiger partial charge in [-0.1, -0.05) is 48.5 Å². The van der Waals surface area contributed by atoms with Crippen molar-refractivity contribution in [1.29, 1.82) is 0 Å². The zero-order valence-electron chi connectivity index (χ0n) is 13.8. The summed E-state index contributed by atoms with van der Waals surface area (Å²) in [4.78, 5) is 0. The molecule has 0 aliphatic heterocycles. The quantitative estimate of drug-likeness (QED) is 0.588. The summed E-state index contributed by atoms with van der Waals surface area (Å²) in [6, 6.07) is 0. The number of rotatable bonds is 1. The van der Waals surface area contributed by atoms with Crippen molar-refractivity contribution in [3.63, 3.8) is 0 Å². The molecule has 0 aromatic heterocycles. The first-order valence-corrected chi connectivity index (χ1v) is 7.60. The van der Waals surface area contributed by atoms with Gasteiger partial charge in [-0.05, 0) is 47.8 Å². The number of methoxy groups -OCH3 is 1. The molecule has 0 bridgehead atoms. The summed E-state index contributed by atoms with van der Waals surface area (Å²) < 4.78 is 5.88. The molecule has 0 heterocycles. The smallest absolute Gasteiger partial charge is 0.0630 e. The lowest BCUT2D eigenvalue weighted by Crippen LogP contribution is -2.36. The van der Waals surface area contributed by atoms with E-state index in [1.807, 2.05) is 7.11 Å². The maximum absolute atomic E-state index is 5.88. The summed E-state index contributed by atoms with van der Waals surface area (Å²) in [5.41, 5.74) is 0.779. The summed E-state index contributed by atoms with van der Waals surface area (Å²) in [6.45, 7) is 16.7. The van der Waals surface area contributed by atoms with Crippen LogP contribution in [0.2, 0.25) is 0 Å². The normalized spacial score (nSPS) is 35.3. The summed E-state index contributed by atoms with van der Waals surface area (Å²) in [5, 5.41) is 0. The molecule has 0 radical (unpaired) electrons. The Bertz CT molecular complexity index is 256. The molecule has 0 N–H and O–H groups in total. The van der Waals surface area contributed by atoms with Gasteiger partial charge in [0.25, 0.3) is 0 Å². The Morgan fingerprint density at radius 2 is 1.44 bits per heavy atom. The molecule has 1 rings (SSSR count). The van der Waals surface area contributed by atoms with Crippen molar-refractivity contribution in [2.45, 2.75) is 73.8 Å². The van der Waals surface area contributed by atoms with Crippen LogP contribution in [0, 0.1) is 28.6 Å². The van der Waals surface area contributed by atoms with Crippen LogP contribution in [-0.4, -0.2) is 13.2 Å². The van der Waals surface area contributed by atoms with Crippen LogP contribution < -0.4 is 0 Å². The van der Waals surface area contributed by atoms with Crippen LogP contribution >= 0.6 is 0 Å². The summed E-state index contributed by atoms with van der Waals surface area (Å²) in [5.74, 6) is 2.19. The molecule has 0 saturated heterocycles. The number of hydrogen-bond donors (Lipinski definition) is 0. The van der Waals surface area contributed by atoms with E-state index >= 15 is 0 Å². The summed E-state index contributed by atoms with van der Waals surface area (Å²) >= 11 is 0. The van der Waals surface area contributed by atoms with Gasteiger partial charge in [-0.3, -0.25) is 0 Å². The van der Waals surface area contributed by atoms with Gasteiger partial charge in [0.05, 0.1) is 6.10 Å². The van der Waals surface area contributed by atoms with Crippen molar-refractivity contribution in [1.82, 2.24) is 0 Å². The molecule has 0 spiro atoms. The average Bonchev–Trinajstić information content (AvgIpc) is 2.34. The minimum absolute atomic E-state index is 0.349. The zero-order chi connectivity index (χ0) is 14.1. The zero-order valence-corrected chi connectivity index (χ0v) is 13.8. The van der Waals surface area contributed by atoms with E-state index in [9.17, 15) is 0 Å². The van der Waals surface area contributed by atoms with Crippen molar-refractivity contribution in [3.8, 4) is 0 Å². The minimum atomic E-state index is 0.349. The molecule has 1 aliphatic rings. The second-order valence-electron chi connectivity index (χ2n) is 8.53. The van der Waals surface area contributed by atoms with Gasteiger partial charge in [0.2, 0.25) is 0 Å². The van der Waals surface area contributed by atoms with Crippen molar-refractivity contribution >= 4 is 0 Å². The molecule has 0 amide bonds. The second-order valence-corrected chi connectivity index (χ2v) is 8.53. The molecule has 108 valence electrons. The lowest BCUT2D eigenvalue weighted by atomic mass is 9.73. The van der Waals surface area contributed by atoms with E-state index in [-0.39, 0.29) is 0 Å². The first kappa shape index (κ1) is 16.0. The van der Waals surface area contributed by atoms with E-state index in [4.69, 9.17) is 4.74 Å². The van der Waals surface area contributed by atoms with E-state index in [0.717, 1.165) is 5.92 Å². The molecule has 1 fully saturated rings. The standard InChI is InChI=1S/C17H34O/c1-12-11-13(16(2,3)4)9-10-14(15(12)18-8)17(5,6)7/h12-15H,9-11H2,1-8H3/t12?,13?,14-,15?/m0/s1. The Morgan fingerprint density at radius 3 is 1.83 bits per heavy atom. The second kappa shape index (κ2) is 5.53. The third-order valence-corrected chi connectivity index (χ3v) is 5.05. The lowest BCUT2D eigenvalue weighted by Gasteiger charge is -2.37. The van der Waals surface area contributed by atoms with Crippen LogP contribution in [0.5, 0.6) is 0 Å². The van der Waals surface area contributed by atoms with Crippen molar-refractivity contribution in [2.24, 2.45) is 28.6 Å². The molecule has 0 aromatic carbocycles. The first-order valence-electron chi connectivity index (χ1n) is 7.60. The Kier molecular flexibility index (Phi) is 4.92. The Morgan fingerprint density at radius 1 is 0.889 bits per heavy atom. The van der Waals surface area contributed by atoms with Crippen LogP contribution in [0.1, 0.15) is 67.7 Å². The van der Waals surface area contributed by atoms with Crippen molar-refractivity contribution in [2.75, 3.05) is 7.11 Å². The molecule has 1 nitrogen and oxygen atoms in total. The Hall–Kier alpha value is -0.0400. The van der Waals surface area contributed by atoms with Gasteiger partial charge in [-0.25, -0.2) is 0 Å². The highest BCUT2D eigenvalue weighted by Crippen LogP contribution is 2.46. The van der Waals surface area contributed by atoms with E-state index < -0.39 is 0 Å². The van der Waals surface area contributed by atoms with Gasteiger partial charge < -0.3 is 4.74 Å². The van der Waals surface area contributed by atoms with Gasteiger partial charge in [-0.2, -0.15) is 0 Å². The highest BCUT2D eigenvalue weighted by atomic mass is 16.5. The average molecular weight is 254 g/mol. The molecule has 1 saturated carbocycles. The van der Waals surface area contributed by atoms with Gasteiger partial charge in [0, 0.05) is 7.11 Å². The molecule has 0 aromatic rings. The van der Waals surface area contributed by atoms with E-state index in [1.165, 1.54) is 19.3 Å². The third-order valence-electron chi connectivity index (χ3n) is 5.05. The van der Waals surface area contributed by atoms with Gasteiger partial charge in [-0.15, -0.1) is 0 Å². The Balaban J connectivity index is 2.92. The van der Waals surface area contributed by atoms with E-state index in [0.29, 0.717) is 28.8 Å². The fourth-order valence-corrected chi connectivity index (χ4v) is 3.75. The Labute approximate surface area is 115 Å². The molecule has 4 atom stereocenters. The molecular weight excluding hydrogens is 220 g/mol. The van der Waals surface area contributed by atoms with Crippen LogP contribution in [0.25, 0.3) is 0 Å². The topological polar surface area (TPSA) is 9.23 Å². The predicted octanol–water partition coefficient (Wildman–Crippen LogP) is 5.15. The fourth-order valence-electron chi connectivity index (χ4n) is 3.75. The lowest BCUT2D eigenvalue weighted by molar-refractivity contribution is -0.0276. The third kappa shape index (κ3) is 3.73. The monoisotopic (exact) mass is 254 g/mol. The molecule has 1 aliphatic carbocycles. The molecular formula is C17H34O. The summed E-state index contributed by atoms with van der Waals surface area (Å²) in [7, 11) is 1.90. The highest BCUT2D eigenvalue weighted by Gasteiger charge is 2.41. The maximum Gasteiger partial charge on any atom is 0.0630 e. The van der Waals surface area contributed by atoms with Crippen molar-refractivity contribution < 1.29 is 4.74 Å². The van der Waals surface area contributed by atoms with E-state index in [1.54, 1.807) is 0 Å². The SMILES string of the molecule is COC1C(C)CC(C(C)(C)C)CC[C@@H]1C(C)(C)C. The van der Waals surface area contributed by atoms with Gasteiger partial charge >= 0.3 is 0 Å².